The van der Waals surface area contributed by atoms with Crippen LogP contribution in [-0.2, 0) is 21.2 Å². The number of nitrogens with zero attached hydrogens (tertiary/aromatic N) is 3. The van der Waals surface area contributed by atoms with Gasteiger partial charge >= 0.3 is 0 Å². The highest BCUT2D eigenvalue weighted by atomic mass is 32.2. The molecular weight excluding hydrogens is 388 g/mol. The topological polar surface area (TPSA) is 74.8 Å². The summed E-state index contributed by atoms with van der Waals surface area (Å²) in [6.45, 7) is 4.43. The zero-order valence-corrected chi connectivity index (χ0v) is 18.2. The van der Waals surface area contributed by atoms with E-state index in [1.807, 2.05) is 14.1 Å². The van der Waals surface area contributed by atoms with E-state index in [2.05, 4.69) is 46.4 Å². The van der Waals surface area contributed by atoms with Gasteiger partial charge in [0.15, 0.2) is 0 Å². The lowest BCUT2D eigenvalue weighted by Gasteiger charge is -2.26. The fourth-order valence-corrected chi connectivity index (χ4v) is 4.70. The SMILES string of the molecule is CCc1ccc([C@H](CNc2ccc(S(=O)(=O)N3CCOCC3)cn2)N(C)C)cc1. The summed E-state index contributed by atoms with van der Waals surface area (Å²) in [5.74, 6) is 0.656. The average molecular weight is 419 g/mol. The van der Waals surface area contributed by atoms with Crippen molar-refractivity contribution in [3.05, 3.63) is 53.7 Å². The third kappa shape index (κ3) is 5.33. The van der Waals surface area contributed by atoms with E-state index in [0.29, 0.717) is 38.7 Å². The van der Waals surface area contributed by atoms with E-state index in [-0.39, 0.29) is 10.9 Å². The van der Waals surface area contributed by atoms with Crippen LogP contribution in [0.15, 0.2) is 47.5 Å². The number of likely N-dealkylation sites (N-methyl/N-ethyl adjacent to an activating group) is 1. The van der Waals surface area contributed by atoms with E-state index in [1.54, 1.807) is 12.1 Å². The maximum absolute atomic E-state index is 12.7. The Morgan fingerprint density at radius 2 is 1.83 bits per heavy atom. The van der Waals surface area contributed by atoms with E-state index < -0.39 is 10.0 Å². The number of rotatable bonds is 8. The molecule has 8 heteroatoms. The number of nitrogens with one attached hydrogen (secondary N) is 1. The van der Waals surface area contributed by atoms with Crippen LogP contribution in [0.2, 0.25) is 0 Å². The molecule has 2 aromatic rings. The van der Waals surface area contributed by atoms with Gasteiger partial charge in [0.1, 0.15) is 10.7 Å². The van der Waals surface area contributed by atoms with Crippen LogP contribution in [0, 0.1) is 0 Å². The van der Waals surface area contributed by atoms with Crippen molar-refractivity contribution in [1.82, 2.24) is 14.2 Å². The number of aryl methyl sites for hydroxylation is 1. The van der Waals surface area contributed by atoms with Crippen molar-refractivity contribution in [2.45, 2.75) is 24.3 Å². The Morgan fingerprint density at radius 1 is 1.14 bits per heavy atom. The second-order valence-electron chi connectivity index (χ2n) is 7.35. The van der Waals surface area contributed by atoms with Gasteiger partial charge in [-0.1, -0.05) is 31.2 Å². The van der Waals surface area contributed by atoms with E-state index in [4.69, 9.17) is 4.74 Å². The van der Waals surface area contributed by atoms with Gasteiger partial charge in [-0.05, 0) is 43.8 Å². The highest BCUT2D eigenvalue weighted by Gasteiger charge is 2.26. The number of ether oxygens (including phenoxy) is 1. The molecule has 158 valence electrons. The van der Waals surface area contributed by atoms with Crippen LogP contribution < -0.4 is 5.32 Å². The maximum Gasteiger partial charge on any atom is 0.244 e. The van der Waals surface area contributed by atoms with E-state index in [9.17, 15) is 8.42 Å². The van der Waals surface area contributed by atoms with Gasteiger partial charge in [-0.15, -0.1) is 0 Å². The Hall–Kier alpha value is -2.00. The van der Waals surface area contributed by atoms with Gasteiger partial charge in [0.2, 0.25) is 10.0 Å². The van der Waals surface area contributed by atoms with Crippen molar-refractivity contribution in [3.63, 3.8) is 0 Å². The predicted molar refractivity (Wildman–Crippen MR) is 115 cm³/mol. The number of benzene rings is 1. The van der Waals surface area contributed by atoms with Crippen LogP contribution in [0.3, 0.4) is 0 Å². The molecule has 0 bridgehead atoms. The number of anilines is 1. The van der Waals surface area contributed by atoms with E-state index in [0.717, 1.165) is 6.42 Å². The Bertz CT molecular complexity index is 877. The van der Waals surface area contributed by atoms with Gasteiger partial charge in [0.25, 0.3) is 0 Å². The zero-order chi connectivity index (χ0) is 20.9. The molecule has 2 heterocycles. The molecule has 3 rings (SSSR count). The van der Waals surface area contributed by atoms with Crippen LogP contribution in [0.4, 0.5) is 5.82 Å². The first kappa shape index (κ1) is 21.7. The van der Waals surface area contributed by atoms with Gasteiger partial charge in [-0.3, -0.25) is 0 Å². The molecule has 29 heavy (non-hydrogen) atoms. The van der Waals surface area contributed by atoms with Crippen molar-refractivity contribution in [2.24, 2.45) is 0 Å². The highest BCUT2D eigenvalue weighted by Crippen LogP contribution is 2.21. The van der Waals surface area contributed by atoms with Crippen LogP contribution in [0.1, 0.15) is 24.1 Å². The minimum atomic E-state index is -3.52. The fourth-order valence-electron chi connectivity index (χ4n) is 3.35. The Kier molecular flexibility index (Phi) is 7.23. The minimum Gasteiger partial charge on any atom is -0.379 e. The standard InChI is InChI=1S/C21H30N4O3S/c1-4-17-5-7-18(8-6-17)20(24(2)3)16-23-21-10-9-19(15-22-21)29(26,27)25-11-13-28-14-12-25/h5-10,15,20H,4,11-14,16H2,1-3H3,(H,22,23)/t20-/m0/s1. The van der Waals surface area contributed by atoms with Gasteiger partial charge in [0.05, 0.1) is 19.3 Å². The largest absolute Gasteiger partial charge is 0.379 e. The third-order valence-electron chi connectivity index (χ3n) is 5.22. The van der Waals surface area contributed by atoms with Gasteiger partial charge in [0, 0.05) is 25.8 Å². The number of morpholine rings is 1. The van der Waals surface area contributed by atoms with Crippen LogP contribution in [-0.4, -0.2) is 69.6 Å². The second-order valence-corrected chi connectivity index (χ2v) is 9.29. The first-order chi connectivity index (χ1) is 13.9. The van der Waals surface area contributed by atoms with Crippen LogP contribution in [0.5, 0.6) is 0 Å². The molecule has 0 amide bonds. The summed E-state index contributed by atoms with van der Waals surface area (Å²) in [6, 6.07) is 12.2. The average Bonchev–Trinajstić information content (AvgIpc) is 2.75. The summed E-state index contributed by atoms with van der Waals surface area (Å²) in [6.07, 6.45) is 2.45. The smallest absolute Gasteiger partial charge is 0.244 e. The molecule has 1 aliphatic heterocycles. The molecule has 0 radical (unpaired) electrons. The molecule has 1 saturated heterocycles. The van der Waals surface area contributed by atoms with Gasteiger partial charge in [-0.25, -0.2) is 13.4 Å². The van der Waals surface area contributed by atoms with Gasteiger partial charge < -0.3 is 15.0 Å². The molecule has 0 saturated carbocycles. The Labute approximate surface area is 173 Å². The zero-order valence-electron chi connectivity index (χ0n) is 17.3. The molecular formula is C21H30N4O3S. The van der Waals surface area contributed by atoms with E-state index >= 15 is 0 Å². The number of aromatic nitrogens is 1. The molecule has 1 atom stereocenters. The summed E-state index contributed by atoms with van der Waals surface area (Å²) < 4.78 is 32.1. The normalized spacial score (nSPS) is 16.7. The Morgan fingerprint density at radius 3 is 2.38 bits per heavy atom. The Balaban J connectivity index is 1.66. The quantitative estimate of drug-likeness (QED) is 0.710. The molecule has 1 aromatic heterocycles. The van der Waals surface area contributed by atoms with Crippen LogP contribution >= 0.6 is 0 Å². The predicted octanol–water partition coefficient (Wildman–Crippen LogP) is 2.38. The summed E-state index contributed by atoms with van der Waals surface area (Å²) in [7, 11) is 0.576. The fraction of sp³-hybridized carbons (Fsp3) is 0.476. The molecule has 7 nitrogen and oxygen atoms in total. The first-order valence-corrected chi connectivity index (χ1v) is 11.4. The van der Waals surface area contributed by atoms with Crippen molar-refractivity contribution >= 4 is 15.8 Å². The number of hydrogen-bond acceptors (Lipinski definition) is 6. The molecule has 0 spiro atoms. The molecule has 0 unspecified atom stereocenters. The monoisotopic (exact) mass is 418 g/mol. The van der Waals surface area contributed by atoms with Crippen molar-refractivity contribution < 1.29 is 13.2 Å². The lowest BCUT2D eigenvalue weighted by atomic mass is 10.0. The number of hydrogen-bond donors (Lipinski definition) is 1. The summed E-state index contributed by atoms with van der Waals surface area (Å²) in [5, 5.41) is 3.33. The molecule has 1 aliphatic rings. The van der Waals surface area contributed by atoms with Crippen molar-refractivity contribution in [2.75, 3.05) is 52.3 Å². The van der Waals surface area contributed by atoms with E-state index in [1.165, 1.54) is 21.6 Å². The molecule has 0 aliphatic carbocycles. The van der Waals surface area contributed by atoms with Crippen molar-refractivity contribution in [3.8, 4) is 0 Å². The lowest BCUT2D eigenvalue weighted by molar-refractivity contribution is 0.0730. The minimum absolute atomic E-state index is 0.180. The van der Waals surface area contributed by atoms with Gasteiger partial charge in [-0.2, -0.15) is 4.31 Å². The third-order valence-corrected chi connectivity index (χ3v) is 7.10. The molecule has 1 aromatic carbocycles. The number of sulfonamides is 1. The van der Waals surface area contributed by atoms with Crippen molar-refractivity contribution in [1.29, 1.82) is 0 Å². The molecule has 1 N–H and O–H groups in total. The summed E-state index contributed by atoms with van der Waals surface area (Å²) >= 11 is 0. The number of pyridine rings is 1. The van der Waals surface area contributed by atoms with Crippen LogP contribution in [0.25, 0.3) is 0 Å². The molecule has 1 fully saturated rings. The first-order valence-electron chi connectivity index (χ1n) is 9.95. The lowest BCUT2D eigenvalue weighted by Crippen LogP contribution is -2.40. The summed E-state index contributed by atoms with van der Waals surface area (Å²) in [4.78, 5) is 6.70. The highest BCUT2D eigenvalue weighted by molar-refractivity contribution is 7.89. The maximum atomic E-state index is 12.7. The summed E-state index contributed by atoms with van der Waals surface area (Å²) in [5.41, 5.74) is 2.55. The second kappa shape index (κ2) is 9.67.